The molecular weight excluding hydrogens is 248 g/mol. The molecule has 0 saturated heterocycles. The Bertz CT molecular complexity index is 605. The van der Waals surface area contributed by atoms with E-state index in [1.807, 2.05) is 13.0 Å². The fourth-order valence-electron chi connectivity index (χ4n) is 1.54. The van der Waals surface area contributed by atoms with Gasteiger partial charge in [-0.3, -0.25) is 0 Å². The number of alkyl halides is 1. The number of aryl methyl sites for hydroxylation is 1. The lowest BCUT2D eigenvalue weighted by Crippen LogP contribution is -1.93. The van der Waals surface area contributed by atoms with E-state index in [0.717, 1.165) is 11.1 Å². The van der Waals surface area contributed by atoms with Crippen molar-refractivity contribution in [2.75, 3.05) is 0 Å². The van der Waals surface area contributed by atoms with Gasteiger partial charge in [0.05, 0.1) is 11.6 Å². The van der Waals surface area contributed by atoms with Gasteiger partial charge in [-0.2, -0.15) is 5.26 Å². The quantitative estimate of drug-likeness (QED) is 0.787. The van der Waals surface area contributed by atoms with Crippen LogP contribution in [0.25, 0.3) is 0 Å². The molecule has 2 rings (SSSR count). The predicted octanol–water partition coefficient (Wildman–Crippen LogP) is 3.79. The zero-order valence-corrected chi connectivity index (χ0v) is 10.6. The van der Waals surface area contributed by atoms with Gasteiger partial charge in [-0.15, -0.1) is 11.6 Å². The first-order valence-electron chi connectivity index (χ1n) is 5.42. The Balaban J connectivity index is 2.26. The Morgan fingerprint density at radius 3 is 2.89 bits per heavy atom. The van der Waals surface area contributed by atoms with Crippen LogP contribution in [0.2, 0.25) is 0 Å². The molecule has 0 unspecified atom stereocenters. The van der Waals surface area contributed by atoms with E-state index in [2.05, 4.69) is 11.1 Å². The average Bonchev–Trinajstić information content (AvgIpc) is 2.41. The van der Waals surface area contributed by atoms with Crippen molar-refractivity contribution in [3.05, 3.63) is 53.2 Å². The van der Waals surface area contributed by atoms with Gasteiger partial charge >= 0.3 is 0 Å². The number of aromatic nitrogens is 1. The van der Waals surface area contributed by atoms with Gasteiger partial charge in [0.2, 0.25) is 5.88 Å². The van der Waals surface area contributed by atoms with E-state index >= 15 is 0 Å². The first-order valence-corrected chi connectivity index (χ1v) is 5.96. The zero-order chi connectivity index (χ0) is 13.0. The summed E-state index contributed by atoms with van der Waals surface area (Å²) in [5.74, 6) is 1.56. The molecule has 0 aliphatic rings. The lowest BCUT2D eigenvalue weighted by atomic mass is 10.2. The van der Waals surface area contributed by atoms with Crippen LogP contribution in [0.5, 0.6) is 11.6 Å². The molecule has 2 aromatic rings. The molecule has 0 atom stereocenters. The topological polar surface area (TPSA) is 45.9 Å². The fourth-order valence-corrected chi connectivity index (χ4v) is 1.69. The van der Waals surface area contributed by atoms with E-state index in [-0.39, 0.29) is 0 Å². The second-order valence-corrected chi connectivity index (χ2v) is 4.11. The van der Waals surface area contributed by atoms with Crippen LogP contribution in [0.4, 0.5) is 0 Å². The molecule has 90 valence electrons. The van der Waals surface area contributed by atoms with E-state index in [1.54, 1.807) is 30.5 Å². The maximum Gasteiger partial charge on any atom is 0.222 e. The van der Waals surface area contributed by atoms with Crippen molar-refractivity contribution in [3.8, 4) is 17.7 Å². The third-order valence-corrected chi connectivity index (χ3v) is 2.73. The number of pyridine rings is 1. The van der Waals surface area contributed by atoms with Crippen molar-refractivity contribution in [2.24, 2.45) is 0 Å². The summed E-state index contributed by atoms with van der Waals surface area (Å²) < 4.78 is 5.65. The summed E-state index contributed by atoms with van der Waals surface area (Å²) in [5.41, 5.74) is 2.42. The summed E-state index contributed by atoms with van der Waals surface area (Å²) in [6.07, 6.45) is 1.68. The molecular formula is C14H11ClN2O. The van der Waals surface area contributed by atoms with Crippen LogP contribution < -0.4 is 4.74 Å². The number of hydrogen-bond acceptors (Lipinski definition) is 3. The van der Waals surface area contributed by atoms with Crippen molar-refractivity contribution >= 4 is 11.6 Å². The van der Waals surface area contributed by atoms with Crippen LogP contribution >= 0.6 is 11.6 Å². The Morgan fingerprint density at radius 1 is 1.39 bits per heavy atom. The molecule has 0 aliphatic carbocycles. The third-order valence-electron chi connectivity index (χ3n) is 2.42. The van der Waals surface area contributed by atoms with Gasteiger partial charge in [0, 0.05) is 17.6 Å². The lowest BCUT2D eigenvalue weighted by molar-refractivity contribution is 0.458. The minimum atomic E-state index is 0.429. The zero-order valence-electron chi connectivity index (χ0n) is 9.85. The summed E-state index contributed by atoms with van der Waals surface area (Å²) in [4.78, 5) is 4.21. The maximum absolute atomic E-state index is 8.82. The van der Waals surface area contributed by atoms with Gasteiger partial charge in [0.15, 0.2) is 0 Å². The van der Waals surface area contributed by atoms with Crippen molar-refractivity contribution in [1.82, 2.24) is 4.98 Å². The highest BCUT2D eigenvalue weighted by molar-refractivity contribution is 6.17. The van der Waals surface area contributed by atoms with Crippen molar-refractivity contribution in [3.63, 3.8) is 0 Å². The van der Waals surface area contributed by atoms with Gasteiger partial charge in [0.1, 0.15) is 5.75 Å². The Morgan fingerprint density at radius 2 is 2.22 bits per heavy atom. The first kappa shape index (κ1) is 12.4. The van der Waals surface area contributed by atoms with Gasteiger partial charge in [-0.05, 0) is 36.8 Å². The SMILES string of the molecule is Cc1cc(CCl)cnc1Oc1cccc(C#N)c1. The normalized spacial score (nSPS) is 9.83. The summed E-state index contributed by atoms with van der Waals surface area (Å²) >= 11 is 5.73. The Kier molecular flexibility index (Phi) is 3.81. The largest absolute Gasteiger partial charge is 0.439 e. The molecule has 0 spiro atoms. The predicted molar refractivity (Wildman–Crippen MR) is 69.8 cm³/mol. The highest BCUT2D eigenvalue weighted by atomic mass is 35.5. The van der Waals surface area contributed by atoms with Gasteiger partial charge in [0.25, 0.3) is 0 Å². The number of benzene rings is 1. The van der Waals surface area contributed by atoms with Crippen molar-refractivity contribution in [1.29, 1.82) is 5.26 Å². The Labute approximate surface area is 111 Å². The summed E-state index contributed by atoms with van der Waals surface area (Å²) in [6.45, 7) is 1.91. The summed E-state index contributed by atoms with van der Waals surface area (Å²) in [6, 6.07) is 11.0. The molecule has 1 heterocycles. The highest BCUT2D eigenvalue weighted by Gasteiger charge is 2.05. The summed E-state index contributed by atoms with van der Waals surface area (Å²) in [5, 5.41) is 8.82. The van der Waals surface area contributed by atoms with Crippen LogP contribution in [0, 0.1) is 18.3 Å². The van der Waals surface area contributed by atoms with Crippen molar-refractivity contribution in [2.45, 2.75) is 12.8 Å². The third kappa shape index (κ3) is 2.79. The number of rotatable bonds is 3. The molecule has 18 heavy (non-hydrogen) atoms. The number of nitrogens with zero attached hydrogens (tertiary/aromatic N) is 2. The molecule has 0 aliphatic heterocycles. The number of hydrogen-bond donors (Lipinski definition) is 0. The fraction of sp³-hybridized carbons (Fsp3) is 0.143. The summed E-state index contributed by atoms with van der Waals surface area (Å²) in [7, 11) is 0. The molecule has 3 nitrogen and oxygen atoms in total. The van der Waals surface area contributed by atoms with Gasteiger partial charge in [-0.1, -0.05) is 6.07 Å². The van der Waals surface area contributed by atoms with Crippen LogP contribution in [-0.2, 0) is 5.88 Å². The highest BCUT2D eigenvalue weighted by Crippen LogP contribution is 2.24. The van der Waals surface area contributed by atoms with Crippen LogP contribution in [0.3, 0.4) is 0 Å². The molecule has 4 heteroatoms. The average molecular weight is 259 g/mol. The second-order valence-electron chi connectivity index (χ2n) is 3.84. The smallest absolute Gasteiger partial charge is 0.222 e. The molecule has 0 bridgehead atoms. The minimum Gasteiger partial charge on any atom is -0.439 e. The monoisotopic (exact) mass is 258 g/mol. The number of ether oxygens (including phenoxy) is 1. The van der Waals surface area contributed by atoms with Crippen molar-refractivity contribution < 1.29 is 4.74 Å². The second kappa shape index (κ2) is 5.52. The number of nitriles is 1. The molecule has 0 N–H and O–H groups in total. The van der Waals surface area contributed by atoms with Gasteiger partial charge < -0.3 is 4.74 Å². The Hall–Kier alpha value is -2.05. The van der Waals surface area contributed by atoms with Crippen LogP contribution in [-0.4, -0.2) is 4.98 Å². The molecule has 1 aromatic heterocycles. The van der Waals surface area contributed by atoms with Gasteiger partial charge in [-0.25, -0.2) is 4.98 Å². The van der Waals surface area contributed by atoms with Crippen LogP contribution in [0.15, 0.2) is 36.5 Å². The molecule has 0 fully saturated rings. The molecule has 0 amide bonds. The first-order chi connectivity index (χ1) is 8.72. The van der Waals surface area contributed by atoms with E-state index in [9.17, 15) is 0 Å². The number of halogens is 1. The molecule has 1 aromatic carbocycles. The molecule has 0 radical (unpaired) electrons. The minimum absolute atomic E-state index is 0.429. The van der Waals surface area contributed by atoms with E-state index in [0.29, 0.717) is 23.1 Å². The maximum atomic E-state index is 8.82. The standard InChI is InChI=1S/C14H11ClN2O/c1-10-5-12(7-15)9-17-14(10)18-13-4-2-3-11(6-13)8-16/h2-6,9H,7H2,1H3. The van der Waals surface area contributed by atoms with Crippen LogP contribution in [0.1, 0.15) is 16.7 Å². The van der Waals surface area contributed by atoms with E-state index < -0.39 is 0 Å². The molecule has 0 saturated carbocycles. The van der Waals surface area contributed by atoms with E-state index in [1.165, 1.54) is 0 Å². The van der Waals surface area contributed by atoms with E-state index in [4.69, 9.17) is 21.6 Å². The lowest BCUT2D eigenvalue weighted by Gasteiger charge is -2.08.